The van der Waals surface area contributed by atoms with E-state index in [-0.39, 0.29) is 10.8 Å². The zero-order chi connectivity index (χ0) is 16.9. The van der Waals surface area contributed by atoms with E-state index in [0.29, 0.717) is 18.5 Å². The Bertz CT molecular complexity index is 942. The molecule has 0 atom stereocenters. The molecule has 2 aromatic carbocycles. The number of benzene rings is 2. The normalized spacial score (nSPS) is 11.6. The van der Waals surface area contributed by atoms with Crippen molar-refractivity contribution in [3.63, 3.8) is 0 Å². The van der Waals surface area contributed by atoms with Gasteiger partial charge in [-0.2, -0.15) is 5.10 Å². The van der Waals surface area contributed by atoms with Crippen molar-refractivity contribution in [1.29, 1.82) is 0 Å². The van der Waals surface area contributed by atoms with Crippen molar-refractivity contribution in [1.82, 2.24) is 9.99 Å². The SMILES string of the molecule is CC(CCn1c(=O)sc2ccccc21)=NNC(=O)c1ccccc1. The first-order valence-electron chi connectivity index (χ1n) is 7.62. The van der Waals surface area contributed by atoms with Crippen molar-refractivity contribution in [2.75, 3.05) is 0 Å². The minimum Gasteiger partial charge on any atom is -0.298 e. The number of aryl methyl sites for hydroxylation is 1. The van der Waals surface area contributed by atoms with E-state index in [2.05, 4.69) is 10.5 Å². The van der Waals surface area contributed by atoms with Crippen LogP contribution in [-0.4, -0.2) is 16.2 Å². The second kappa shape index (κ2) is 7.23. The summed E-state index contributed by atoms with van der Waals surface area (Å²) >= 11 is 1.24. The maximum atomic E-state index is 12.1. The quantitative estimate of drug-likeness (QED) is 0.573. The lowest BCUT2D eigenvalue weighted by atomic mass is 10.2. The summed E-state index contributed by atoms with van der Waals surface area (Å²) in [5.41, 5.74) is 4.81. The number of hydrazone groups is 1. The molecule has 0 fully saturated rings. The maximum absolute atomic E-state index is 12.1. The van der Waals surface area contributed by atoms with Gasteiger partial charge in [-0.3, -0.25) is 14.2 Å². The standard InChI is InChI=1S/C18H17N3O2S/c1-13(19-20-17(22)14-7-3-2-4-8-14)11-12-21-15-9-5-6-10-16(15)24-18(21)23/h2-10H,11-12H2,1H3,(H,20,22). The summed E-state index contributed by atoms with van der Waals surface area (Å²) in [4.78, 5) is 24.0. The van der Waals surface area contributed by atoms with Gasteiger partial charge in [-0.15, -0.1) is 0 Å². The molecule has 1 N–H and O–H groups in total. The average Bonchev–Trinajstić information content (AvgIpc) is 2.93. The molecule has 0 saturated carbocycles. The van der Waals surface area contributed by atoms with Gasteiger partial charge >= 0.3 is 4.87 Å². The molecule has 0 saturated heterocycles. The van der Waals surface area contributed by atoms with Crippen LogP contribution in [-0.2, 0) is 6.54 Å². The molecule has 1 amide bonds. The van der Waals surface area contributed by atoms with E-state index >= 15 is 0 Å². The molecule has 1 heterocycles. The Morgan fingerprint density at radius 3 is 2.62 bits per heavy atom. The minimum absolute atomic E-state index is 0.0253. The number of thiazole rings is 1. The highest BCUT2D eigenvalue weighted by Crippen LogP contribution is 2.16. The number of nitrogens with zero attached hydrogens (tertiary/aromatic N) is 2. The molecule has 0 radical (unpaired) electrons. The topological polar surface area (TPSA) is 63.5 Å². The van der Waals surface area contributed by atoms with Crippen molar-refractivity contribution >= 4 is 33.2 Å². The molecule has 122 valence electrons. The van der Waals surface area contributed by atoms with E-state index in [4.69, 9.17) is 0 Å². The summed E-state index contributed by atoms with van der Waals surface area (Å²) in [7, 11) is 0. The zero-order valence-corrected chi connectivity index (χ0v) is 14.0. The van der Waals surface area contributed by atoms with Gasteiger partial charge in [-0.25, -0.2) is 5.43 Å². The smallest absolute Gasteiger partial charge is 0.298 e. The van der Waals surface area contributed by atoms with Crippen LogP contribution in [0.25, 0.3) is 10.2 Å². The van der Waals surface area contributed by atoms with Gasteiger partial charge in [0.05, 0.1) is 10.2 Å². The Morgan fingerprint density at radius 2 is 1.83 bits per heavy atom. The van der Waals surface area contributed by atoms with Gasteiger partial charge in [-0.1, -0.05) is 41.7 Å². The predicted molar refractivity (Wildman–Crippen MR) is 97.7 cm³/mol. The largest absolute Gasteiger partial charge is 0.308 e. The molecule has 0 aliphatic heterocycles. The summed E-state index contributed by atoms with van der Waals surface area (Å²) in [5, 5.41) is 4.11. The first kappa shape index (κ1) is 16.1. The Balaban J connectivity index is 1.64. The van der Waals surface area contributed by atoms with E-state index in [1.165, 1.54) is 11.3 Å². The van der Waals surface area contributed by atoms with Crippen molar-refractivity contribution in [3.05, 3.63) is 69.8 Å². The number of rotatable bonds is 5. The zero-order valence-electron chi connectivity index (χ0n) is 13.2. The lowest BCUT2D eigenvalue weighted by Crippen LogP contribution is -2.20. The minimum atomic E-state index is -0.242. The number of aromatic nitrogens is 1. The van der Waals surface area contributed by atoms with Crippen LogP contribution < -0.4 is 10.3 Å². The molecule has 0 aliphatic carbocycles. The first-order chi connectivity index (χ1) is 11.6. The van der Waals surface area contributed by atoms with Gasteiger partial charge < -0.3 is 0 Å². The van der Waals surface area contributed by atoms with E-state index < -0.39 is 0 Å². The fourth-order valence-electron chi connectivity index (χ4n) is 2.36. The van der Waals surface area contributed by atoms with Crippen molar-refractivity contribution in [2.45, 2.75) is 19.9 Å². The lowest BCUT2D eigenvalue weighted by Gasteiger charge is -2.05. The third-order valence-electron chi connectivity index (χ3n) is 3.66. The van der Waals surface area contributed by atoms with Crippen LogP contribution in [0.5, 0.6) is 0 Å². The molecule has 0 bridgehead atoms. The second-order valence-electron chi connectivity index (χ2n) is 5.39. The van der Waals surface area contributed by atoms with E-state index in [1.54, 1.807) is 28.8 Å². The number of fused-ring (bicyclic) bond motifs is 1. The van der Waals surface area contributed by atoms with E-state index in [1.807, 2.05) is 37.3 Å². The van der Waals surface area contributed by atoms with Gasteiger partial charge in [-0.05, 0) is 31.2 Å². The summed E-state index contributed by atoms with van der Waals surface area (Å²) < 4.78 is 2.73. The highest BCUT2D eigenvalue weighted by Gasteiger charge is 2.07. The van der Waals surface area contributed by atoms with Crippen LogP contribution in [0.3, 0.4) is 0 Å². The Labute approximate surface area is 143 Å². The van der Waals surface area contributed by atoms with Gasteiger partial charge in [0.2, 0.25) is 0 Å². The number of carbonyl (C=O) groups excluding carboxylic acids is 1. The molecule has 0 aliphatic rings. The van der Waals surface area contributed by atoms with E-state index in [9.17, 15) is 9.59 Å². The Kier molecular flexibility index (Phi) is 4.86. The van der Waals surface area contributed by atoms with Crippen LogP contribution in [0, 0.1) is 0 Å². The molecule has 1 aromatic heterocycles. The Hall–Kier alpha value is -2.73. The summed E-state index contributed by atoms with van der Waals surface area (Å²) in [6.45, 7) is 2.38. The molecular formula is C18H17N3O2S. The van der Waals surface area contributed by atoms with Crippen molar-refractivity contribution in [3.8, 4) is 0 Å². The molecule has 3 rings (SSSR count). The number of hydrogen-bond donors (Lipinski definition) is 1. The van der Waals surface area contributed by atoms with Gasteiger partial charge in [0.15, 0.2) is 0 Å². The van der Waals surface area contributed by atoms with Gasteiger partial charge in [0.25, 0.3) is 5.91 Å². The van der Waals surface area contributed by atoms with Crippen LogP contribution >= 0.6 is 11.3 Å². The molecule has 5 nitrogen and oxygen atoms in total. The fraction of sp³-hybridized carbons (Fsp3) is 0.167. The Morgan fingerprint density at radius 1 is 1.12 bits per heavy atom. The molecular weight excluding hydrogens is 322 g/mol. The summed E-state index contributed by atoms with van der Waals surface area (Å²) in [5.74, 6) is -0.242. The fourth-order valence-corrected chi connectivity index (χ4v) is 3.27. The number of nitrogens with one attached hydrogen (secondary N) is 1. The molecule has 0 unspecified atom stereocenters. The molecule has 24 heavy (non-hydrogen) atoms. The number of amides is 1. The maximum Gasteiger partial charge on any atom is 0.308 e. The predicted octanol–water partition coefficient (Wildman–Crippen LogP) is 3.26. The van der Waals surface area contributed by atoms with Crippen molar-refractivity contribution in [2.24, 2.45) is 5.10 Å². The number of hydrogen-bond acceptors (Lipinski definition) is 4. The van der Waals surface area contributed by atoms with Gasteiger partial charge in [0.1, 0.15) is 0 Å². The van der Waals surface area contributed by atoms with Crippen LogP contribution in [0.4, 0.5) is 0 Å². The highest BCUT2D eigenvalue weighted by molar-refractivity contribution is 7.16. The third-order valence-corrected chi connectivity index (χ3v) is 4.62. The monoisotopic (exact) mass is 339 g/mol. The molecule has 3 aromatic rings. The van der Waals surface area contributed by atoms with Crippen LogP contribution in [0.15, 0.2) is 64.5 Å². The third kappa shape index (κ3) is 3.60. The van der Waals surface area contributed by atoms with Crippen LogP contribution in [0.2, 0.25) is 0 Å². The molecule has 6 heteroatoms. The lowest BCUT2D eigenvalue weighted by molar-refractivity contribution is 0.0954. The average molecular weight is 339 g/mol. The summed E-state index contributed by atoms with van der Waals surface area (Å²) in [6.07, 6.45) is 0.593. The molecule has 0 spiro atoms. The first-order valence-corrected chi connectivity index (χ1v) is 8.44. The van der Waals surface area contributed by atoms with Crippen LogP contribution in [0.1, 0.15) is 23.7 Å². The van der Waals surface area contributed by atoms with Crippen molar-refractivity contribution < 1.29 is 4.79 Å². The number of carbonyl (C=O) groups is 1. The highest BCUT2D eigenvalue weighted by atomic mass is 32.1. The second-order valence-corrected chi connectivity index (χ2v) is 6.38. The summed E-state index contributed by atoms with van der Waals surface area (Å²) in [6, 6.07) is 16.7. The van der Waals surface area contributed by atoms with Gasteiger partial charge in [0, 0.05) is 24.2 Å². The van der Waals surface area contributed by atoms with E-state index in [0.717, 1.165) is 15.9 Å². The number of para-hydroxylation sites is 1.